The van der Waals surface area contributed by atoms with Crippen LogP contribution in [0.5, 0.6) is 0 Å². The maximum absolute atomic E-state index is 13.1. The van der Waals surface area contributed by atoms with Gasteiger partial charge in [-0.25, -0.2) is 0 Å². The molecule has 2 aliphatic heterocycles. The minimum atomic E-state index is -0.906. The van der Waals surface area contributed by atoms with Crippen molar-refractivity contribution >= 4 is 17.8 Å². The van der Waals surface area contributed by atoms with Crippen LogP contribution in [0.4, 0.5) is 0 Å². The molecule has 0 radical (unpaired) electrons. The first kappa shape index (κ1) is 36.2. The van der Waals surface area contributed by atoms with Gasteiger partial charge in [-0.15, -0.1) is 0 Å². The molecular weight excluding hydrogens is 624 g/mol. The second-order valence-corrected chi connectivity index (χ2v) is 13.9. The van der Waals surface area contributed by atoms with E-state index in [-0.39, 0.29) is 49.6 Å². The third-order valence-corrected chi connectivity index (χ3v) is 8.82. The van der Waals surface area contributed by atoms with Crippen LogP contribution in [0.1, 0.15) is 93.9 Å². The van der Waals surface area contributed by atoms with Gasteiger partial charge in [-0.2, -0.15) is 0 Å². The molecule has 3 aromatic rings. The molecule has 3 N–H and O–H groups in total. The highest BCUT2D eigenvalue weighted by Crippen LogP contribution is 2.39. The molecule has 2 fully saturated rings. The molecule has 262 valence electrons. The van der Waals surface area contributed by atoms with Crippen LogP contribution in [0, 0.1) is 0 Å². The maximum atomic E-state index is 13.1. The molecule has 4 atom stereocenters. The topological polar surface area (TPSA) is 135 Å². The summed E-state index contributed by atoms with van der Waals surface area (Å²) in [5, 5.41) is 21.2. The number of nitrogens with zero attached hydrogens (tertiary/aromatic N) is 1. The average molecular weight is 673 g/mol. The molecule has 4 unspecified atom stereocenters. The van der Waals surface area contributed by atoms with E-state index in [1.165, 1.54) is 0 Å². The van der Waals surface area contributed by atoms with Gasteiger partial charge in [-0.3, -0.25) is 19.3 Å². The summed E-state index contributed by atoms with van der Waals surface area (Å²) >= 11 is 0. The smallest absolute Gasteiger partial charge is 0.323 e. The first-order chi connectivity index (χ1) is 23.5. The van der Waals surface area contributed by atoms with Gasteiger partial charge in [0.15, 0.2) is 6.29 Å². The van der Waals surface area contributed by atoms with Gasteiger partial charge in [0, 0.05) is 37.9 Å². The number of carboxylic acid groups (broad SMARTS) is 1. The van der Waals surface area contributed by atoms with E-state index < -0.39 is 17.9 Å². The fourth-order valence-corrected chi connectivity index (χ4v) is 6.36. The lowest BCUT2D eigenvalue weighted by atomic mass is 9.98. The Labute approximate surface area is 288 Å². The average Bonchev–Trinajstić information content (AvgIpc) is 3.55. The molecule has 2 aliphatic rings. The van der Waals surface area contributed by atoms with Crippen molar-refractivity contribution in [3.8, 4) is 11.1 Å². The van der Waals surface area contributed by atoms with Gasteiger partial charge >= 0.3 is 11.9 Å². The molecular formula is C39H48N2O8. The Morgan fingerprint density at radius 3 is 2.35 bits per heavy atom. The zero-order valence-electron chi connectivity index (χ0n) is 28.6. The molecule has 1 amide bonds. The number of hydrogen-bond donors (Lipinski definition) is 3. The van der Waals surface area contributed by atoms with E-state index in [2.05, 4.69) is 10.2 Å². The molecule has 2 heterocycles. The molecule has 5 rings (SSSR count). The van der Waals surface area contributed by atoms with E-state index in [4.69, 9.17) is 19.3 Å². The van der Waals surface area contributed by atoms with Crippen molar-refractivity contribution in [3.63, 3.8) is 0 Å². The van der Waals surface area contributed by atoms with Crippen LogP contribution in [0.15, 0.2) is 72.8 Å². The van der Waals surface area contributed by atoms with Crippen LogP contribution in [0.2, 0.25) is 0 Å². The van der Waals surface area contributed by atoms with Gasteiger partial charge in [0.1, 0.15) is 11.6 Å². The number of carboxylic acids is 1. The van der Waals surface area contributed by atoms with Gasteiger partial charge in [-0.1, -0.05) is 66.7 Å². The molecule has 49 heavy (non-hydrogen) atoms. The predicted octanol–water partition coefficient (Wildman–Crippen LogP) is 6.07. The largest absolute Gasteiger partial charge is 0.481 e. The minimum Gasteiger partial charge on any atom is -0.481 e. The van der Waals surface area contributed by atoms with Crippen molar-refractivity contribution in [2.45, 2.75) is 103 Å². The fourth-order valence-electron chi connectivity index (χ4n) is 6.36. The fraction of sp³-hybridized carbons (Fsp3) is 0.462. The monoisotopic (exact) mass is 672 g/mol. The number of aliphatic carboxylic acids is 1. The van der Waals surface area contributed by atoms with Crippen LogP contribution in [-0.4, -0.2) is 63.8 Å². The van der Waals surface area contributed by atoms with Crippen molar-refractivity contribution in [3.05, 3.63) is 95.1 Å². The quantitative estimate of drug-likeness (QED) is 0.185. The van der Waals surface area contributed by atoms with E-state index in [1.807, 2.05) is 93.6 Å². The number of carbonyl (C=O) groups excluding carboxylic acids is 2. The predicted molar refractivity (Wildman–Crippen MR) is 184 cm³/mol. The normalized spacial score (nSPS) is 21.3. The van der Waals surface area contributed by atoms with Crippen molar-refractivity contribution in [2.24, 2.45) is 0 Å². The van der Waals surface area contributed by atoms with E-state index in [0.717, 1.165) is 52.8 Å². The number of esters is 1. The number of rotatable bonds is 13. The van der Waals surface area contributed by atoms with Gasteiger partial charge in [0.25, 0.3) is 0 Å². The standard InChI is InChI=1S/C39H48N2O8/c1-39(2,3)49-37(46)33-9-6-20-41(33)24-32-22-34(29-14-12-26(25-42)13-15-29)48-38(47-32)30-18-16-28(17-19-30)31-8-4-7-27(21-31)23-40-35(43)10-5-11-36(44)45/h4,7-8,12-19,21,32-34,38,42H,5-6,9-11,20,22-25H2,1-3H3,(H,40,43)(H,44,45). The summed E-state index contributed by atoms with van der Waals surface area (Å²) in [6, 6.07) is 23.5. The number of aliphatic hydroxyl groups is 1. The molecule has 0 aliphatic carbocycles. The SMILES string of the molecule is CC(C)(C)OC(=O)C1CCCN1CC1CC(c2ccc(CO)cc2)OC(c2ccc(-c3cccc(CNC(=O)CCCC(=O)O)c3)cc2)O1. The summed E-state index contributed by atoms with van der Waals surface area (Å²) in [6.45, 7) is 7.37. The minimum absolute atomic E-state index is 0.0259. The molecule has 10 heteroatoms. The van der Waals surface area contributed by atoms with Crippen molar-refractivity contribution < 1.29 is 38.8 Å². The van der Waals surface area contributed by atoms with Crippen LogP contribution in [0.25, 0.3) is 11.1 Å². The third kappa shape index (κ3) is 10.4. The first-order valence-electron chi connectivity index (χ1n) is 17.1. The van der Waals surface area contributed by atoms with E-state index >= 15 is 0 Å². The van der Waals surface area contributed by atoms with Crippen molar-refractivity contribution in [1.29, 1.82) is 0 Å². The van der Waals surface area contributed by atoms with Crippen LogP contribution in [-0.2, 0) is 41.7 Å². The Kier molecular flexibility index (Phi) is 12.2. The zero-order valence-corrected chi connectivity index (χ0v) is 28.6. The second-order valence-electron chi connectivity index (χ2n) is 13.9. The Morgan fingerprint density at radius 2 is 1.65 bits per heavy atom. The second kappa shape index (κ2) is 16.5. The summed E-state index contributed by atoms with van der Waals surface area (Å²) in [5.41, 5.74) is 5.10. The number of likely N-dealkylation sites (tertiary alicyclic amines) is 1. The summed E-state index contributed by atoms with van der Waals surface area (Å²) in [7, 11) is 0. The molecule has 10 nitrogen and oxygen atoms in total. The molecule has 0 aromatic heterocycles. The number of carbonyl (C=O) groups is 3. The van der Waals surface area contributed by atoms with E-state index in [1.54, 1.807) is 0 Å². The van der Waals surface area contributed by atoms with Gasteiger partial charge in [-0.05, 0) is 80.5 Å². The molecule has 3 aromatic carbocycles. The summed E-state index contributed by atoms with van der Waals surface area (Å²) in [6.07, 6.45) is 1.70. The Hall–Kier alpha value is -4.09. The number of ether oxygens (including phenoxy) is 3. The van der Waals surface area contributed by atoms with E-state index in [9.17, 15) is 19.5 Å². The summed E-state index contributed by atoms with van der Waals surface area (Å²) in [4.78, 5) is 38.1. The summed E-state index contributed by atoms with van der Waals surface area (Å²) in [5.74, 6) is -1.27. The molecule has 0 spiro atoms. The highest BCUT2D eigenvalue weighted by molar-refractivity contribution is 5.77. The van der Waals surface area contributed by atoms with Crippen LogP contribution >= 0.6 is 0 Å². The van der Waals surface area contributed by atoms with Crippen LogP contribution in [0.3, 0.4) is 0 Å². The number of amides is 1. The van der Waals surface area contributed by atoms with Gasteiger partial charge in [0.05, 0.1) is 18.8 Å². The zero-order chi connectivity index (χ0) is 35.0. The Balaban J connectivity index is 1.28. The summed E-state index contributed by atoms with van der Waals surface area (Å²) < 4.78 is 18.9. The van der Waals surface area contributed by atoms with Crippen LogP contribution < -0.4 is 5.32 Å². The highest BCUT2D eigenvalue weighted by atomic mass is 16.7. The number of nitrogens with one attached hydrogen (secondary N) is 1. The maximum Gasteiger partial charge on any atom is 0.323 e. The first-order valence-corrected chi connectivity index (χ1v) is 17.1. The van der Waals surface area contributed by atoms with Crippen molar-refractivity contribution in [1.82, 2.24) is 10.2 Å². The van der Waals surface area contributed by atoms with Crippen molar-refractivity contribution in [2.75, 3.05) is 13.1 Å². The molecule has 0 saturated carbocycles. The van der Waals surface area contributed by atoms with Gasteiger partial charge < -0.3 is 29.7 Å². The number of benzene rings is 3. The molecule has 0 bridgehead atoms. The highest BCUT2D eigenvalue weighted by Gasteiger charge is 2.39. The van der Waals surface area contributed by atoms with Gasteiger partial charge in [0.2, 0.25) is 5.91 Å². The number of aliphatic hydroxyl groups excluding tert-OH is 1. The number of hydrogen-bond acceptors (Lipinski definition) is 8. The van der Waals surface area contributed by atoms with E-state index in [0.29, 0.717) is 25.9 Å². The molecule has 2 saturated heterocycles. The Bertz CT molecular complexity index is 1570. The lowest BCUT2D eigenvalue weighted by Gasteiger charge is -2.38. The third-order valence-electron chi connectivity index (χ3n) is 8.82. The lowest BCUT2D eigenvalue weighted by Crippen LogP contribution is -2.45. The Morgan fingerprint density at radius 1 is 0.918 bits per heavy atom. The lowest BCUT2D eigenvalue weighted by molar-refractivity contribution is -0.253.